The fraction of sp³-hybridized carbons (Fsp3) is 0.320. The highest BCUT2D eigenvalue weighted by Crippen LogP contribution is 2.50. The van der Waals surface area contributed by atoms with Gasteiger partial charge in [-0.2, -0.15) is 0 Å². The lowest BCUT2D eigenvalue weighted by Gasteiger charge is -2.44. The molecule has 0 radical (unpaired) electrons. The minimum atomic E-state index is 0.0404. The molecule has 2 aromatic carbocycles. The molecule has 30 heavy (non-hydrogen) atoms. The molecule has 2 fully saturated rings. The highest BCUT2D eigenvalue weighted by molar-refractivity contribution is 6.32. The van der Waals surface area contributed by atoms with E-state index in [1.165, 1.54) is 12.8 Å². The molecule has 0 aliphatic carbocycles. The first kappa shape index (κ1) is 19.9. The average molecular weight is 439 g/mol. The van der Waals surface area contributed by atoms with Crippen molar-refractivity contribution in [2.75, 3.05) is 0 Å². The topological polar surface area (TPSA) is 36.4 Å². The average Bonchev–Trinajstić information content (AvgIpc) is 3.00. The maximum absolute atomic E-state index is 9.59. The van der Waals surface area contributed by atoms with Crippen molar-refractivity contribution >= 4 is 23.2 Å². The third-order valence-electron chi connectivity index (χ3n) is 6.68. The maximum Gasteiger partial charge on any atom is 0.133 e. The predicted molar refractivity (Wildman–Crippen MR) is 121 cm³/mol. The fourth-order valence-corrected chi connectivity index (χ4v) is 5.88. The van der Waals surface area contributed by atoms with Crippen molar-refractivity contribution in [1.29, 1.82) is 0 Å². The number of aromatic nitrogens is 1. The Morgan fingerprint density at radius 2 is 1.40 bits per heavy atom. The lowest BCUT2D eigenvalue weighted by atomic mass is 9.84. The van der Waals surface area contributed by atoms with Gasteiger partial charge >= 0.3 is 0 Å². The second-order valence-corrected chi connectivity index (χ2v) is 9.20. The van der Waals surface area contributed by atoms with Crippen LogP contribution in [0.1, 0.15) is 54.5 Å². The van der Waals surface area contributed by atoms with E-state index in [1.54, 1.807) is 12.3 Å². The molecule has 1 aromatic heterocycles. The molecular weight excluding hydrogens is 415 g/mol. The Hall–Kier alpha value is -2.07. The molecule has 2 saturated heterocycles. The van der Waals surface area contributed by atoms with Crippen LogP contribution in [0.15, 0.2) is 66.9 Å². The van der Waals surface area contributed by atoms with Crippen LogP contribution in [-0.4, -0.2) is 27.1 Å². The third-order valence-corrected chi connectivity index (χ3v) is 7.36. The van der Waals surface area contributed by atoms with E-state index in [9.17, 15) is 5.11 Å². The zero-order valence-corrected chi connectivity index (χ0v) is 18.1. The van der Waals surface area contributed by atoms with Crippen molar-refractivity contribution in [2.24, 2.45) is 0 Å². The Morgan fingerprint density at radius 3 is 1.90 bits per heavy atom. The molecular formula is C25H24Cl2N2O. The van der Waals surface area contributed by atoms with E-state index in [2.05, 4.69) is 34.1 Å². The van der Waals surface area contributed by atoms with Crippen molar-refractivity contribution < 1.29 is 5.11 Å². The molecule has 2 aliphatic heterocycles. The largest absolute Gasteiger partial charge is 0.506 e. The third kappa shape index (κ3) is 3.60. The van der Waals surface area contributed by atoms with E-state index in [1.807, 2.05) is 30.3 Å². The Balaban J connectivity index is 1.52. The van der Waals surface area contributed by atoms with Crippen LogP contribution < -0.4 is 0 Å². The van der Waals surface area contributed by atoms with E-state index >= 15 is 0 Å². The van der Waals surface area contributed by atoms with Gasteiger partial charge < -0.3 is 5.11 Å². The molecule has 5 rings (SSSR count). The minimum absolute atomic E-state index is 0.0404. The number of piperidine rings is 1. The quantitative estimate of drug-likeness (QED) is 0.498. The van der Waals surface area contributed by atoms with Gasteiger partial charge in [-0.1, -0.05) is 59.6 Å². The number of nitrogens with zero attached hydrogens (tertiary/aromatic N) is 2. The Morgan fingerprint density at radius 1 is 0.833 bits per heavy atom. The molecule has 1 unspecified atom stereocenters. The monoisotopic (exact) mass is 438 g/mol. The first-order chi connectivity index (χ1) is 14.6. The van der Waals surface area contributed by atoms with Gasteiger partial charge in [-0.15, -0.1) is 0 Å². The molecule has 3 aromatic rings. The van der Waals surface area contributed by atoms with Crippen LogP contribution in [0.5, 0.6) is 5.75 Å². The van der Waals surface area contributed by atoms with Gasteiger partial charge in [0.05, 0.1) is 12.2 Å². The number of hydrogen-bond donors (Lipinski definition) is 1. The number of rotatable bonds is 4. The van der Waals surface area contributed by atoms with Gasteiger partial charge in [0.2, 0.25) is 0 Å². The van der Waals surface area contributed by atoms with E-state index in [0.717, 1.165) is 39.7 Å². The summed E-state index contributed by atoms with van der Waals surface area (Å²) < 4.78 is 0. The summed E-state index contributed by atoms with van der Waals surface area (Å²) in [7, 11) is 0. The molecule has 1 N–H and O–H groups in total. The smallest absolute Gasteiger partial charge is 0.133 e. The Labute approximate surface area is 187 Å². The van der Waals surface area contributed by atoms with Crippen LogP contribution in [0, 0.1) is 0 Å². The minimum Gasteiger partial charge on any atom is -0.506 e. The van der Waals surface area contributed by atoms with E-state index in [4.69, 9.17) is 23.2 Å². The molecule has 3 atom stereocenters. The van der Waals surface area contributed by atoms with E-state index in [-0.39, 0.29) is 11.8 Å². The van der Waals surface area contributed by atoms with Crippen molar-refractivity contribution in [3.8, 4) is 5.75 Å². The van der Waals surface area contributed by atoms with Gasteiger partial charge in [0.25, 0.3) is 0 Å². The molecule has 3 nitrogen and oxygen atoms in total. The van der Waals surface area contributed by atoms with Crippen molar-refractivity contribution in [3.05, 3.63) is 93.7 Å². The van der Waals surface area contributed by atoms with Gasteiger partial charge in [-0.05, 0) is 61.1 Å². The summed E-state index contributed by atoms with van der Waals surface area (Å²) in [6, 6.07) is 20.9. The van der Waals surface area contributed by atoms with Crippen LogP contribution >= 0.6 is 23.2 Å². The summed E-state index contributed by atoms with van der Waals surface area (Å²) in [5.41, 5.74) is 3.31. The molecule has 5 heteroatoms. The lowest BCUT2D eigenvalue weighted by Crippen LogP contribution is -2.45. The highest BCUT2D eigenvalue weighted by Gasteiger charge is 2.46. The van der Waals surface area contributed by atoms with Gasteiger partial charge in [-0.25, -0.2) is 0 Å². The second kappa shape index (κ2) is 8.22. The van der Waals surface area contributed by atoms with E-state index < -0.39 is 0 Å². The predicted octanol–water partition coefficient (Wildman–Crippen LogP) is 6.59. The molecule has 2 aliphatic rings. The SMILES string of the molecule is Oc1ccc(C2C[C@H]3CC[C@@H](C2)N3C(c2ccccc2Cl)c2ccccc2Cl)nc1. The first-order valence-corrected chi connectivity index (χ1v) is 11.3. The maximum atomic E-state index is 9.59. The van der Waals surface area contributed by atoms with Gasteiger partial charge in [0.15, 0.2) is 0 Å². The summed E-state index contributed by atoms with van der Waals surface area (Å²) in [6.07, 6.45) is 6.01. The Kier molecular flexibility index (Phi) is 5.44. The van der Waals surface area contributed by atoms with Gasteiger partial charge in [0, 0.05) is 33.7 Å². The number of fused-ring (bicyclic) bond motifs is 2. The Bertz CT molecular complexity index is 980. The van der Waals surface area contributed by atoms with Gasteiger partial charge in [-0.3, -0.25) is 9.88 Å². The zero-order chi connectivity index (χ0) is 20.7. The zero-order valence-electron chi connectivity index (χ0n) is 16.6. The highest BCUT2D eigenvalue weighted by atomic mass is 35.5. The molecule has 0 saturated carbocycles. The number of hydrogen-bond acceptors (Lipinski definition) is 3. The summed E-state index contributed by atoms with van der Waals surface area (Å²) in [4.78, 5) is 7.15. The number of aromatic hydroxyl groups is 1. The number of halogens is 2. The lowest BCUT2D eigenvalue weighted by molar-refractivity contribution is 0.0926. The summed E-state index contributed by atoms with van der Waals surface area (Å²) in [6.45, 7) is 0. The van der Waals surface area contributed by atoms with Crippen LogP contribution in [0.3, 0.4) is 0 Å². The molecule has 0 amide bonds. The van der Waals surface area contributed by atoms with Crippen molar-refractivity contribution in [2.45, 2.75) is 49.7 Å². The van der Waals surface area contributed by atoms with Crippen LogP contribution in [0.2, 0.25) is 10.0 Å². The number of pyridine rings is 1. The van der Waals surface area contributed by atoms with Crippen LogP contribution in [-0.2, 0) is 0 Å². The summed E-state index contributed by atoms with van der Waals surface area (Å²) >= 11 is 13.4. The molecule has 2 bridgehead atoms. The van der Waals surface area contributed by atoms with Crippen molar-refractivity contribution in [1.82, 2.24) is 9.88 Å². The first-order valence-electron chi connectivity index (χ1n) is 10.5. The fourth-order valence-electron chi connectivity index (χ4n) is 5.40. The summed E-state index contributed by atoms with van der Waals surface area (Å²) in [5.74, 6) is 0.633. The normalized spacial score (nSPS) is 23.8. The van der Waals surface area contributed by atoms with Gasteiger partial charge in [0.1, 0.15) is 5.75 Å². The molecule has 154 valence electrons. The number of benzene rings is 2. The standard InChI is InChI=1S/C25H24Cl2N2O/c26-22-7-3-1-5-20(22)25(21-6-2-4-8-23(21)27)29-17-9-10-18(29)14-16(13-17)24-12-11-19(30)15-28-24/h1-8,11-12,15-18,25,30H,9-10,13-14H2/t16?,17-,18+. The van der Waals surface area contributed by atoms with E-state index in [0.29, 0.717) is 18.0 Å². The van der Waals surface area contributed by atoms with Crippen molar-refractivity contribution in [3.63, 3.8) is 0 Å². The molecule has 3 heterocycles. The van der Waals surface area contributed by atoms with Crippen LogP contribution in [0.25, 0.3) is 0 Å². The summed E-state index contributed by atoms with van der Waals surface area (Å²) in [5, 5.41) is 11.2. The molecule has 0 spiro atoms. The van der Waals surface area contributed by atoms with Crippen LogP contribution in [0.4, 0.5) is 0 Å². The second-order valence-electron chi connectivity index (χ2n) is 8.39.